The van der Waals surface area contributed by atoms with Crippen LogP contribution in [0.3, 0.4) is 0 Å². The maximum atomic E-state index is 12.7. The molecule has 0 aliphatic carbocycles. The Balaban J connectivity index is 1.70. The van der Waals surface area contributed by atoms with Gasteiger partial charge in [0.05, 0.1) is 11.0 Å². The topological polar surface area (TPSA) is 81.3 Å². The van der Waals surface area contributed by atoms with Crippen LogP contribution in [0.25, 0.3) is 16.7 Å². The van der Waals surface area contributed by atoms with Gasteiger partial charge in [0.15, 0.2) is 0 Å². The van der Waals surface area contributed by atoms with Crippen molar-refractivity contribution in [2.75, 3.05) is 5.32 Å². The van der Waals surface area contributed by atoms with Crippen LogP contribution in [0.5, 0.6) is 0 Å². The van der Waals surface area contributed by atoms with E-state index < -0.39 is 0 Å². The maximum absolute atomic E-state index is 12.7. The second-order valence-corrected chi connectivity index (χ2v) is 6.00. The molecule has 0 saturated carbocycles. The number of rotatable bonds is 4. The molecule has 130 valence electrons. The second-order valence-electron chi connectivity index (χ2n) is 6.00. The predicted molar refractivity (Wildman–Crippen MR) is 99.2 cm³/mol. The quantitative estimate of drug-likeness (QED) is 0.614. The molecule has 0 fully saturated rings. The summed E-state index contributed by atoms with van der Waals surface area (Å²) < 4.78 is 3.06. The van der Waals surface area contributed by atoms with Crippen LogP contribution in [0, 0.1) is 0 Å². The second kappa shape index (κ2) is 6.44. The average Bonchev–Trinajstić information content (AvgIpc) is 3.16. The SMILES string of the molecule is CCc1ccc(NC(=O)Cn2c(=O)c3nncn3c3ccccc32)cc1. The highest BCUT2D eigenvalue weighted by atomic mass is 16.2. The van der Waals surface area contributed by atoms with Crippen LogP contribution in [0.4, 0.5) is 5.69 Å². The zero-order valence-corrected chi connectivity index (χ0v) is 14.2. The van der Waals surface area contributed by atoms with E-state index in [1.807, 2.05) is 42.5 Å². The lowest BCUT2D eigenvalue weighted by Crippen LogP contribution is -2.29. The van der Waals surface area contributed by atoms with E-state index in [9.17, 15) is 9.59 Å². The van der Waals surface area contributed by atoms with E-state index in [0.717, 1.165) is 11.9 Å². The number of nitrogens with one attached hydrogen (secondary N) is 1. The zero-order chi connectivity index (χ0) is 18.1. The highest BCUT2D eigenvalue weighted by molar-refractivity contribution is 5.91. The molecule has 1 amide bonds. The van der Waals surface area contributed by atoms with Crippen LogP contribution >= 0.6 is 0 Å². The number of hydrogen-bond donors (Lipinski definition) is 1. The van der Waals surface area contributed by atoms with Gasteiger partial charge >= 0.3 is 0 Å². The summed E-state index contributed by atoms with van der Waals surface area (Å²) in [6, 6.07) is 15.0. The van der Waals surface area contributed by atoms with Crippen molar-refractivity contribution in [2.24, 2.45) is 0 Å². The molecular formula is C19H17N5O2. The number of amides is 1. The number of benzene rings is 2. The van der Waals surface area contributed by atoms with E-state index in [4.69, 9.17) is 0 Å². The molecule has 0 atom stereocenters. The van der Waals surface area contributed by atoms with Gasteiger partial charge in [0.25, 0.3) is 5.56 Å². The summed E-state index contributed by atoms with van der Waals surface area (Å²) >= 11 is 0. The van der Waals surface area contributed by atoms with Crippen molar-refractivity contribution < 1.29 is 4.79 Å². The van der Waals surface area contributed by atoms with Gasteiger partial charge in [0, 0.05) is 5.69 Å². The molecule has 0 radical (unpaired) electrons. The van der Waals surface area contributed by atoms with Gasteiger partial charge in [-0.15, -0.1) is 10.2 Å². The van der Waals surface area contributed by atoms with Crippen LogP contribution < -0.4 is 10.9 Å². The number of para-hydroxylation sites is 2. The fourth-order valence-electron chi connectivity index (χ4n) is 3.01. The largest absolute Gasteiger partial charge is 0.325 e. The summed E-state index contributed by atoms with van der Waals surface area (Å²) in [5, 5.41) is 10.5. The number of hydrogen-bond acceptors (Lipinski definition) is 4. The lowest BCUT2D eigenvalue weighted by molar-refractivity contribution is -0.116. The number of anilines is 1. The monoisotopic (exact) mass is 347 g/mol. The van der Waals surface area contributed by atoms with Crippen LogP contribution in [0.15, 0.2) is 59.7 Å². The van der Waals surface area contributed by atoms with Crippen LogP contribution in [-0.2, 0) is 17.8 Å². The number of aromatic nitrogens is 4. The molecular weight excluding hydrogens is 330 g/mol. The fraction of sp³-hybridized carbons (Fsp3) is 0.158. The minimum absolute atomic E-state index is 0.0990. The van der Waals surface area contributed by atoms with Crippen molar-refractivity contribution in [2.45, 2.75) is 19.9 Å². The molecule has 0 spiro atoms. The fourth-order valence-corrected chi connectivity index (χ4v) is 3.01. The molecule has 26 heavy (non-hydrogen) atoms. The van der Waals surface area contributed by atoms with Crippen molar-refractivity contribution in [3.05, 3.63) is 70.8 Å². The molecule has 4 aromatic rings. The molecule has 7 heteroatoms. The van der Waals surface area contributed by atoms with Crippen LogP contribution in [-0.4, -0.2) is 25.1 Å². The molecule has 0 saturated heterocycles. The third kappa shape index (κ3) is 2.73. The molecule has 7 nitrogen and oxygen atoms in total. The van der Waals surface area contributed by atoms with E-state index >= 15 is 0 Å². The van der Waals surface area contributed by atoms with Crippen LogP contribution in [0.2, 0.25) is 0 Å². The Bertz CT molecular complexity index is 1160. The lowest BCUT2D eigenvalue weighted by Gasteiger charge is -2.12. The van der Waals surface area contributed by atoms with Crippen molar-refractivity contribution in [1.82, 2.24) is 19.2 Å². The molecule has 4 rings (SSSR count). The summed E-state index contributed by atoms with van der Waals surface area (Å²) in [5.41, 5.74) is 3.17. The first-order valence-corrected chi connectivity index (χ1v) is 8.37. The average molecular weight is 347 g/mol. The minimum Gasteiger partial charge on any atom is -0.325 e. The molecule has 0 unspecified atom stereocenters. The zero-order valence-electron chi connectivity index (χ0n) is 14.2. The van der Waals surface area contributed by atoms with Crippen molar-refractivity contribution >= 4 is 28.3 Å². The third-order valence-electron chi connectivity index (χ3n) is 4.36. The highest BCUT2D eigenvalue weighted by Crippen LogP contribution is 2.14. The van der Waals surface area contributed by atoms with E-state index in [2.05, 4.69) is 22.4 Å². The molecule has 2 heterocycles. The summed E-state index contributed by atoms with van der Waals surface area (Å²) in [6.07, 6.45) is 2.44. The van der Waals surface area contributed by atoms with E-state index in [1.165, 1.54) is 16.5 Å². The molecule has 2 aromatic carbocycles. The first-order valence-electron chi connectivity index (χ1n) is 8.37. The Morgan fingerprint density at radius 3 is 2.54 bits per heavy atom. The Hall–Kier alpha value is -3.48. The number of fused-ring (bicyclic) bond motifs is 3. The van der Waals surface area contributed by atoms with E-state index in [0.29, 0.717) is 11.2 Å². The Morgan fingerprint density at radius 1 is 1.08 bits per heavy atom. The lowest BCUT2D eigenvalue weighted by atomic mass is 10.1. The van der Waals surface area contributed by atoms with E-state index in [1.54, 1.807) is 10.5 Å². The number of carbonyl (C=O) groups is 1. The van der Waals surface area contributed by atoms with Crippen molar-refractivity contribution in [3.8, 4) is 0 Å². The van der Waals surface area contributed by atoms with E-state index in [-0.39, 0.29) is 23.7 Å². The van der Waals surface area contributed by atoms with Gasteiger partial charge in [-0.25, -0.2) is 0 Å². The molecule has 0 aliphatic rings. The van der Waals surface area contributed by atoms with Gasteiger partial charge in [-0.2, -0.15) is 0 Å². The Morgan fingerprint density at radius 2 is 1.81 bits per heavy atom. The Labute approximate surface area is 148 Å². The van der Waals surface area contributed by atoms with Crippen molar-refractivity contribution in [3.63, 3.8) is 0 Å². The third-order valence-corrected chi connectivity index (χ3v) is 4.36. The first kappa shape index (κ1) is 16.0. The molecule has 0 bridgehead atoms. The van der Waals surface area contributed by atoms with Gasteiger partial charge in [-0.1, -0.05) is 31.2 Å². The molecule has 2 aromatic heterocycles. The summed E-state index contributed by atoms with van der Waals surface area (Å²) in [5.74, 6) is -0.273. The molecule has 1 N–H and O–H groups in total. The van der Waals surface area contributed by atoms with Crippen molar-refractivity contribution in [1.29, 1.82) is 0 Å². The summed E-state index contributed by atoms with van der Waals surface area (Å²) in [6.45, 7) is 1.98. The standard InChI is InChI=1S/C19H17N5O2/c1-2-13-7-9-14(10-8-13)21-17(25)11-23-15-5-3-4-6-16(15)24-12-20-22-18(24)19(23)26/h3-10,12H,2,11H2,1H3,(H,21,25). The van der Waals surface area contributed by atoms with Gasteiger partial charge in [0.2, 0.25) is 11.6 Å². The minimum atomic E-state index is -0.349. The molecule has 0 aliphatic heterocycles. The van der Waals surface area contributed by atoms with Gasteiger partial charge < -0.3 is 5.32 Å². The Kier molecular flexibility index (Phi) is 3.96. The smallest absolute Gasteiger partial charge is 0.297 e. The van der Waals surface area contributed by atoms with Gasteiger partial charge in [-0.05, 0) is 36.2 Å². The highest BCUT2D eigenvalue weighted by Gasteiger charge is 2.14. The number of aryl methyl sites for hydroxylation is 1. The summed E-state index contributed by atoms with van der Waals surface area (Å²) in [7, 11) is 0. The normalized spacial score (nSPS) is 11.1. The number of nitrogens with zero attached hydrogens (tertiary/aromatic N) is 4. The van der Waals surface area contributed by atoms with Gasteiger partial charge in [-0.3, -0.25) is 18.6 Å². The first-order chi connectivity index (χ1) is 12.7. The maximum Gasteiger partial charge on any atom is 0.297 e. The van der Waals surface area contributed by atoms with Crippen LogP contribution in [0.1, 0.15) is 12.5 Å². The predicted octanol–water partition coefficient (Wildman–Crippen LogP) is 2.25. The number of carbonyl (C=O) groups excluding carboxylic acids is 1. The van der Waals surface area contributed by atoms with Gasteiger partial charge in [0.1, 0.15) is 12.9 Å². The summed E-state index contributed by atoms with van der Waals surface area (Å²) in [4.78, 5) is 25.2.